The van der Waals surface area contributed by atoms with Crippen LogP contribution in [0.4, 0.5) is 0 Å². The van der Waals surface area contributed by atoms with Crippen LogP contribution in [-0.2, 0) is 213 Å². The second kappa shape index (κ2) is 101. The predicted molar refractivity (Wildman–Crippen MR) is 397 cm³/mol. The van der Waals surface area contributed by atoms with E-state index in [1.807, 2.05) is 27.7 Å². The molecular formula is C80H124O40Zr3. The average Bonchev–Trinajstić information content (AvgIpc) is 0.981. The molecular weight excluding hydrogens is 1870 g/mol. The third-order valence-corrected chi connectivity index (χ3v) is 14.5. The summed E-state index contributed by atoms with van der Waals surface area (Å²) in [5.41, 5.74) is 0. The maximum absolute atomic E-state index is 10.7. The smallest absolute Gasteiger partial charge is 0.550 e. The number of carboxylic acid groups (broad SMARTS) is 12. The van der Waals surface area contributed by atoms with E-state index in [9.17, 15) is 176 Å². The minimum absolute atomic E-state index is 0. The van der Waals surface area contributed by atoms with Gasteiger partial charge >= 0.3 is 78.6 Å². The van der Waals surface area contributed by atoms with Gasteiger partial charge in [0.25, 0.3) is 0 Å². The van der Waals surface area contributed by atoms with Crippen molar-refractivity contribution in [1.82, 2.24) is 0 Å². The van der Waals surface area contributed by atoms with Gasteiger partial charge in [-0.1, -0.05) is 109 Å². The fraction of sp³-hybridized carbons (Fsp3) is 0.700. The molecule has 0 aliphatic heterocycles. The molecule has 43 heteroatoms. The van der Waals surface area contributed by atoms with Gasteiger partial charge in [0, 0.05) is 76.0 Å². The van der Waals surface area contributed by atoms with Crippen LogP contribution in [0.1, 0.15) is 267 Å². The summed E-state index contributed by atoms with van der Waals surface area (Å²) in [5, 5.41) is 120. The fourth-order valence-corrected chi connectivity index (χ4v) is 7.54. The van der Waals surface area contributed by atoms with Crippen LogP contribution < -0.4 is 61.3 Å². The number of carboxylic acids is 12. The molecule has 0 saturated heterocycles. The van der Waals surface area contributed by atoms with Crippen molar-refractivity contribution in [2.45, 2.75) is 267 Å². The minimum Gasteiger partial charge on any atom is -0.550 e. The van der Waals surface area contributed by atoms with Gasteiger partial charge in [-0.2, -0.15) is 0 Å². The van der Waals surface area contributed by atoms with E-state index < -0.39 is 168 Å². The molecule has 0 fully saturated rings. The fourth-order valence-electron chi connectivity index (χ4n) is 7.54. The average molecular weight is 2000 g/mol. The summed E-state index contributed by atoms with van der Waals surface area (Å²) in [7, 11) is 0. The van der Waals surface area contributed by atoms with Gasteiger partial charge in [0.1, 0.15) is 72.7 Å². The second-order valence-corrected chi connectivity index (χ2v) is 25.1. The number of hydrogen-bond acceptors (Lipinski definition) is 40. The molecule has 0 amide bonds. The Balaban J connectivity index is -0.0000000796. The molecule has 40 nitrogen and oxygen atoms in total. The van der Waals surface area contributed by atoms with Crippen LogP contribution in [0, 0.1) is 47.3 Å². The Hall–Kier alpha value is -7.83. The number of aliphatic carboxylic acids is 12. The van der Waals surface area contributed by atoms with Crippen molar-refractivity contribution in [2.75, 3.05) is 52.9 Å². The van der Waals surface area contributed by atoms with E-state index in [0.717, 1.165) is 51.4 Å². The van der Waals surface area contributed by atoms with Crippen molar-refractivity contribution in [2.24, 2.45) is 47.3 Å². The van der Waals surface area contributed by atoms with Crippen molar-refractivity contribution < 1.29 is 274 Å². The summed E-state index contributed by atoms with van der Waals surface area (Å²) in [6.07, 6.45) is 7.87. The van der Waals surface area contributed by atoms with Crippen LogP contribution in [0.2, 0.25) is 0 Å². The van der Waals surface area contributed by atoms with Gasteiger partial charge in [0.05, 0.1) is 95.1 Å². The maximum atomic E-state index is 10.7. The largest absolute Gasteiger partial charge is 4.00 e. The third-order valence-electron chi connectivity index (χ3n) is 14.5. The molecule has 0 aromatic heterocycles. The van der Waals surface area contributed by atoms with Crippen LogP contribution in [0.25, 0.3) is 0 Å². The molecule has 0 aromatic rings. The number of ketones is 12. The van der Waals surface area contributed by atoms with Crippen molar-refractivity contribution in [3.8, 4) is 0 Å². The van der Waals surface area contributed by atoms with Gasteiger partial charge in [0.2, 0.25) is 0 Å². The summed E-state index contributed by atoms with van der Waals surface area (Å²) in [6, 6.07) is 0. The van der Waals surface area contributed by atoms with Crippen LogP contribution in [-0.4, -0.2) is 194 Å². The topological polar surface area (TPSA) is 723 Å². The van der Waals surface area contributed by atoms with Crippen molar-refractivity contribution in [3.63, 3.8) is 0 Å². The van der Waals surface area contributed by atoms with Gasteiger partial charge in [-0.05, 0) is 132 Å². The number of hydrogen-bond donors (Lipinski definition) is 0. The van der Waals surface area contributed by atoms with Gasteiger partial charge in [-0.25, -0.2) is 0 Å². The zero-order valence-electron chi connectivity index (χ0n) is 74.2. The van der Waals surface area contributed by atoms with E-state index in [1.165, 1.54) is 55.4 Å². The summed E-state index contributed by atoms with van der Waals surface area (Å²) >= 11 is 0. The zero-order chi connectivity index (χ0) is 97.1. The van der Waals surface area contributed by atoms with E-state index in [-0.39, 0.29) is 151 Å². The first-order valence-corrected chi connectivity index (χ1v) is 38.3. The summed E-state index contributed by atoms with van der Waals surface area (Å²) in [5.74, 6) is -27.3. The molecule has 123 heavy (non-hydrogen) atoms. The summed E-state index contributed by atoms with van der Waals surface area (Å²) < 4.78 is 19.6. The predicted octanol–water partition coefficient (Wildman–Crippen LogP) is -7.15. The molecule has 696 valence electrons. The summed E-state index contributed by atoms with van der Waals surface area (Å²) in [4.78, 5) is 246. The normalized spacial score (nSPS) is 11.2. The molecule has 0 spiro atoms. The Morgan fingerprint density at radius 2 is 0.293 bits per heavy atom. The number of ether oxygens (including phenoxy) is 4. The Labute approximate surface area is 776 Å². The van der Waals surface area contributed by atoms with Crippen molar-refractivity contribution >= 4 is 141 Å². The summed E-state index contributed by atoms with van der Waals surface area (Å²) in [6.45, 7) is 32.8. The minimum atomic E-state index is -1.35. The van der Waals surface area contributed by atoms with E-state index >= 15 is 0 Å². The zero-order valence-corrected chi connectivity index (χ0v) is 81.6. The van der Waals surface area contributed by atoms with Crippen molar-refractivity contribution in [3.05, 3.63) is 0 Å². The molecule has 0 rings (SSSR count). The van der Waals surface area contributed by atoms with Crippen LogP contribution in [0.5, 0.6) is 0 Å². The Morgan fingerprint density at radius 3 is 0.341 bits per heavy atom. The van der Waals surface area contributed by atoms with E-state index in [1.54, 1.807) is 55.4 Å². The first kappa shape index (κ1) is 150. The Bertz CT molecular complexity index is 2450. The SMILES string of the molecule is CCC(C(C)=O)C(=O)[O-].CCC(C(C)=O)C(=O)[O-].CCC(C(C)=O)C(=O)[O-].CCC(C(C)=O)C(=O)[O-].CCC(C(C)=O)C(=O)[O-].CCC(C(C)=O)C(=O)[O-].CCC(C(C)=O)C(=O)[O-].CCC(C(C)=O)C(=O)[O-].CCCCOCC(=O)CC(=O)[O-].CCCCOCC(=O)CC(=O)[O-].CCCCOCC(=O)CC(=O)[O-].CCCCOCC(=O)CC(=O)[O-].[Zr+4].[Zr+4].[Zr+4]. The number of unbranched alkanes of at least 4 members (excludes halogenated alkanes) is 4. The maximum Gasteiger partial charge on any atom is 4.00 e. The Kier molecular flexibility index (Phi) is 123. The number of Topliss-reactive ketones (excluding diaryl/α,β-unsaturated/α-hetero) is 12. The molecule has 0 N–H and O–H groups in total. The molecule has 0 bridgehead atoms. The Morgan fingerprint density at radius 1 is 0.195 bits per heavy atom. The van der Waals surface area contributed by atoms with E-state index in [2.05, 4.69) is 0 Å². The van der Waals surface area contributed by atoms with Gasteiger partial charge in [-0.3, -0.25) is 57.5 Å². The second-order valence-electron chi connectivity index (χ2n) is 25.1. The number of carbonyl (C=O) groups is 24. The number of rotatable bonds is 52. The standard InChI is InChI=1S/4C8H14O4.8C6H10O3.3Zr/c4*1-2-3-4-12-6-7(9)5-8(10)11;8*1-3-5(4(2)7)6(8)9;;;/h4*2-6H2,1H3,(H,10,11);8*5H,3H2,1-2H3,(H,8,9);;;/q;;;;;;;;;;;;3*+4/p-12. The molecule has 8 atom stereocenters. The molecule has 0 heterocycles. The van der Waals surface area contributed by atoms with E-state index in [0.29, 0.717) is 77.8 Å². The first-order chi connectivity index (χ1) is 55.4. The van der Waals surface area contributed by atoms with E-state index in [4.69, 9.17) is 18.9 Å². The molecule has 0 aromatic carbocycles. The quantitative estimate of drug-likeness (QED) is 0.0403. The first-order valence-electron chi connectivity index (χ1n) is 38.3. The number of carbonyl (C=O) groups excluding carboxylic acids is 24. The monoisotopic (exact) mass is 1990 g/mol. The molecule has 0 aliphatic carbocycles. The molecule has 0 aliphatic rings. The van der Waals surface area contributed by atoms with Crippen LogP contribution >= 0.6 is 0 Å². The van der Waals surface area contributed by atoms with Crippen LogP contribution in [0.3, 0.4) is 0 Å². The molecule has 8 unspecified atom stereocenters. The third kappa shape index (κ3) is 114. The van der Waals surface area contributed by atoms with Crippen LogP contribution in [0.15, 0.2) is 0 Å². The molecule has 0 saturated carbocycles. The van der Waals surface area contributed by atoms with Gasteiger partial charge in [0.15, 0.2) is 23.1 Å². The molecule has 0 radical (unpaired) electrons. The van der Waals surface area contributed by atoms with Gasteiger partial charge < -0.3 is 138 Å². The van der Waals surface area contributed by atoms with Crippen molar-refractivity contribution in [1.29, 1.82) is 0 Å². The van der Waals surface area contributed by atoms with Gasteiger partial charge in [-0.15, -0.1) is 0 Å².